The van der Waals surface area contributed by atoms with E-state index in [1.54, 1.807) is 12.1 Å². The van der Waals surface area contributed by atoms with Crippen molar-refractivity contribution in [2.75, 3.05) is 6.61 Å². The molecule has 3 atom stereocenters. The molecular weight excluding hydrogens is 300 g/mol. The Balaban J connectivity index is 2.18. The van der Waals surface area contributed by atoms with E-state index in [1.807, 2.05) is 13.8 Å². The Hall–Kier alpha value is -0.660. The van der Waals surface area contributed by atoms with Crippen LogP contribution in [0.4, 0.5) is 0 Å². The lowest BCUT2D eigenvalue weighted by Gasteiger charge is -2.42. The smallest absolute Gasteiger partial charge is 0.242 e. The Kier molecular flexibility index (Phi) is 4.71. The number of hydrogen-bond acceptors (Lipinski definition) is 4. The first kappa shape index (κ1) is 15.7. The van der Waals surface area contributed by atoms with Crippen molar-refractivity contribution in [1.82, 2.24) is 4.72 Å². The number of rotatable bonds is 5. The van der Waals surface area contributed by atoms with E-state index in [4.69, 9.17) is 22.1 Å². The molecule has 1 aromatic carbocycles. The van der Waals surface area contributed by atoms with Crippen molar-refractivity contribution in [2.24, 2.45) is 5.73 Å². The standard InChI is InChI=1S/C13H19ClN2O3S/c1-3-19-11-7-10(15)13(11)16-20(17,18)12-5-4-8(2)6-9(12)14/h4-6,10-11,13,16H,3,7,15H2,1-2H3. The summed E-state index contributed by atoms with van der Waals surface area (Å²) in [5.41, 5.74) is 6.76. The van der Waals surface area contributed by atoms with Gasteiger partial charge in [-0.3, -0.25) is 0 Å². The van der Waals surface area contributed by atoms with E-state index in [-0.39, 0.29) is 22.1 Å². The molecule has 1 aromatic rings. The highest BCUT2D eigenvalue weighted by Crippen LogP contribution is 2.27. The predicted molar refractivity (Wildman–Crippen MR) is 78.3 cm³/mol. The lowest BCUT2D eigenvalue weighted by atomic mass is 9.84. The molecule has 0 radical (unpaired) electrons. The largest absolute Gasteiger partial charge is 0.377 e. The van der Waals surface area contributed by atoms with Crippen molar-refractivity contribution in [3.8, 4) is 0 Å². The molecule has 5 nitrogen and oxygen atoms in total. The number of nitrogens with one attached hydrogen (secondary N) is 1. The van der Waals surface area contributed by atoms with Crippen LogP contribution < -0.4 is 10.5 Å². The van der Waals surface area contributed by atoms with Crippen LogP contribution in [-0.4, -0.2) is 33.2 Å². The van der Waals surface area contributed by atoms with Crippen molar-refractivity contribution >= 4 is 21.6 Å². The van der Waals surface area contributed by atoms with Crippen molar-refractivity contribution in [2.45, 2.75) is 43.4 Å². The second kappa shape index (κ2) is 5.99. The molecule has 1 fully saturated rings. The Morgan fingerprint density at radius 1 is 1.50 bits per heavy atom. The zero-order valence-corrected chi connectivity index (χ0v) is 13.0. The molecule has 1 aliphatic carbocycles. The number of halogens is 1. The van der Waals surface area contributed by atoms with Crippen molar-refractivity contribution in [3.63, 3.8) is 0 Å². The highest BCUT2D eigenvalue weighted by molar-refractivity contribution is 7.89. The molecular formula is C13H19ClN2O3S. The van der Waals surface area contributed by atoms with Crippen LogP contribution in [-0.2, 0) is 14.8 Å². The predicted octanol–water partition coefficient (Wildman–Crippen LogP) is 1.43. The Morgan fingerprint density at radius 3 is 2.75 bits per heavy atom. The van der Waals surface area contributed by atoms with E-state index < -0.39 is 16.1 Å². The van der Waals surface area contributed by atoms with Crippen LogP contribution in [0, 0.1) is 6.92 Å². The highest BCUT2D eigenvalue weighted by Gasteiger charge is 2.42. The molecule has 1 aliphatic rings. The molecule has 0 bridgehead atoms. The maximum atomic E-state index is 12.4. The molecule has 1 saturated carbocycles. The zero-order valence-electron chi connectivity index (χ0n) is 11.5. The van der Waals surface area contributed by atoms with Gasteiger partial charge in [-0.05, 0) is 38.0 Å². The lowest BCUT2D eigenvalue weighted by molar-refractivity contribution is -0.0248. The minimum Gasteiger partial charge on any atom is -0.377 e. The third-order valence-corrected chi connectivity index (χ3v) is 5.36. The minimum absolute atomic E-state index is 0.0686. The second-order valence-electron chi connectivity index (χ2n) is 4.97. The topological polar surface area (TPSA) is 81.4 Å². The number of nitrogens with two attached hydrogens (primary N) is 1. The van der Waals surface area contributed by atoms with Crippen molar-refractivity contribution in [3.05, 3.63) is 28.8 Å². The van der Waals surface area contributed by atoms with Gasteiger partial charge in [-0.25, -0.2) is 13.1 Å². The summed E-state index contributed by atoms with van der Waals surface area (Å²) < 4.78 is 32.8. The van der Waals surface area contributed by atoms with E-state index in [0.29, 0.717) is 13.0 Å². The minimum atomic E-state index is -3.69. The first-order chi connectivity index (χ1) is 9.35. The molecule has 2 rings (SSSR count). The summed E-state index contributed by atoms with van der Waals surface area (Å²) in [7, 11) is -3.69. The van der Waals surface area contributed by atoms with Gasteiger partial charge in [0.15, 0.2) is 0 Å². The molecule has 20 heavy (non-hydrogen) atoms. The molecule has 7 heteroatoms. The third-order valence-electron chi connectivity index (χ3n) is 3.42. The van der Waals surface area contributed by atoms with E-state index in [0.717, 1.165) is 5.56 Å². The fraction of sp³-hybridized carbons (Fsp3) is 0.538. The van der Waals surface area contributed by atoms with Gasteiger partial charge in [-0.1, -0.05) is 17.7 Å². The van der Waals surface area contributed by atoms with Crippen LogP contribution in [0.15, 0.2) is 23.1 Å². The lowest BCUT2D eigenvalue weighted by Crippen LogP contribution is -2.64. The van der Waals surface area contributed by atoms with Gasteiger partial charge in [0.25, 0.3) is 0 Å². The van der Waals surface area contributed by atoms with Gasteiger partial charge in [0.2, 0.25) is 10.0 Å². The van der Waals surface area contributed by atoms with Gasteiger partial charge in [-0.2, -0.15) is 0 Å². The fourth-order valence-corrected chi connectivity index (χ4v) is 4.17. The first-order valence-corrected chi connectivity index (χ1v) is 8.37. The number of benzene rings is 1. The Labute approximate surface area is 124 Å². The van der Waals surface area contributed by atoms with Gasteiger partial charge in [-0.15, -0.1) is 0 Å². The van der Waals surface area contributed by atoms with Crippen LogP contribution >= 0.6 is 11.6 Å². The molecule has 0 aliphatic heterocycles. The number of aryl methyl sites for hydroxylation is 1. The summed E-state index contributed by atoms with van der Waals surface area (Å²) in [6, 6.07) is 4.20. The highest BCUT2D eigenvalue weighted by atomic mass is 35.5. The number of hydrogen-bond donors (Lipinski definition) is 2. The molecule has 3 N–H and O–H groups in total. The SMILES string of the molecule is CCOC1CC(N)C1NS(=O)(=O)c1ccc(C)cc1Cl. The maximum Gasteiger partial charge on any atom is 0.242 e. The van der Waals surface area contributed by atoms with Gasteiger partial charge < -0.3 is 10.5 Å². The van der Waals surface area contributed by atoms with Crippen molar-refractivity contribution in [1.29, 1.82) is 0 Å². The Bertz CT molecular complexity index is 589. The van der Waals surface area contributed by atoms with E-state index >= 15 is 0 Å². The normalized spacial score (nSPS) is 26.3. The molecule has 3 unspecified atom stereocenters. The summed E-state index contributed by atoms with van der Waals surface area (Å²) in [5.74, 6) is 0. The molecule has 0 heterocycles. The van der Waals surface area contributed by atoms with Crippen LogP contribution in [0.5, 0.6) is 0 Å². The van der Waals surface area contributed by atoms with Gasteiger partial charge in [0.05, 0.1) is 17.2 Å². The molecule has 0 aromatic heterocycles. The first-order valence-electron chi connectivity index (χ1n) is 6.51. The van der Waals surface area contributed by atoms with Crippen LogP contribution in [0.2, 0.25) is 5.02 Å². The fourth-order valence-electron chi connectivity index (χ4n) is 2.26. The molecule has 0 spiro atoms. The summed E-state index contributed by atoms with van der Waals surface area (Å²) >= 11 is 6.01. The number of ether oxygens (including phenoxy) is 1. The summed E-state index contributed by atoms with van der Waals surface area (Å²) in [4.78, 5) is 0.0686. The molecule has 0 saturated heterocycles. The van der Waals surface area contributed by atoms with E-state index in [1.165, 1.54) is 6.07 Å². The quantitative estimate of drug-likeness (QED) is 0.860. The van der Waals surface area contributed by atoms with E-state index in [2.05, 4.69) is 4.72 Å². The van der Waals surface area contributed by atoms with Crippen LogP contribution in [0.1, 0.15) is 18.9 Å². The average molecular weight is 319 g/mol. The Morgan fingerprint density at radius 2 is 2.20 bits per heavy atom. The zero-order chi connectivity index (χ0) is 14.9. The summed E-state index contributed by atoms with van der Waals surface area (Å²) in [6.45, 7) is 4.25. The second-order valence-corrected chi connectivity index (χ2v) is 7.06. The number of sulfonamides is 1. The summed E-state index contributed by atoms with van der Waals surface area (Å²) in [5, 5.41) is 0.207. The third kappa shape index (κ3) is 3.15. The molecule has 112 valence electrons. The maximum absolute atomic E-state index is 12.4. The van der Waals surface area contributed by atoms with Gasteiger partial charge in [0, 0.05) is 12.6 Å². The van der Waals surface area contributed by atoms with Gasteiger partial charge >= 0.3 is 0 Å². The monoisotopic (exact) mass is 318 g/mol. The van der Waals surface area contributed by atoms with Gasteiger partial charge in [0.1, 0.15) is 4.90 Å². The van der Waals surface area contributed by atoms with Crippen LogP contribution in [0.25, 0.3) is 0 Å². The molecule has 0 amide bonds. The van der Waals surface area contributed by atoms with Crippen LogP contribution in [0.3, 0.4) is 0 Å². The average Bonchev–Trinajstić information content (AvgIpc) is 2.35. The van der Waals surface area contributed by atoms with Crippen molar-refractivity contribution < 1.29 is 13.2 Å². The van der Waals surface area contributed by atoms with E-state index in [9.17, 15) is 8.42 Å². The summed E-state index contributed by atoms with van der Waals surface area (Å²) in [6.07, 6.45) is 0.483.